The van der Waals surface area contributed by atoms with E-state index in [1.807, 2.05) is 12.1 Å². The Morgan fingerprint density at radius 1 is 1.24 bits per heavy atom. The molecule has 0 bridgehead atoms. The lowest BCUT2D eigenvalue weighted by atomic mass is 9.88. The van der Waals surface area contributed by atoms with E-state index in [1.165, 1.54) is 0 Å². The lowest BCUT2D eigenvalue weighted by molar-refractivity contribution is 0.0383. The summed E-state index contributed by atoms with van der Waals surface area (Å²) >= 11 is 0. The number of nitrogens with two attached hydrogens (primary N) is 1. The summed E-state index contributed by atoms with van der Waals surface area (Å²) in [5.74, 6) is 1.49. The van der Waals surface area contributed by atoms with Crippen molar-refractivity contribution in [2.75, 3.05) is 26.9 Å². The van der Waals surface area contributed by atoms with Crippen molar-refractivity contribution in [3.8, 4) is 11.5 Å². The van der Waals surface area contributed by atoms with E-state index < -0.39 is 0 Å². The maximum Gasteiger partial charge on any atom is 0.162 e. The summed E-state index contributed by atoms with van der Waals surface area (Å²) in [6.45, 7) is 0. The smallest absolute Gasteiger partial charge is 0.162 e. The van der Waals surface area contributed by atoms with Crippen molar-refractivity contribution in [1.82, 2.24) is 4.90 Å². The summed E-state index contributed by atoms with van der Waals surface area (Å²) in [4.78, 5) is 2.24. The zero-order valence-corrected chi connectivity index (χ0v) is 10.6. The van der Waals surface area contributed by atoms with Crippen LogP contribution in [0.1, 0.15) is 12.8 Å². The fourth-order valence-electron chi connectivity index (χ4n) is 2.02. The molecule has 94 valence electrons. The van der Waals surface area contributed by atoms with Gasteiger partial charge in [-0.1, -0.05) is 0 Å². The number of benzene rings is 1. The lowest BCUT2D eigenvalue weighted by Gasteiger charge is -2.39. The molecule has 1 saturated carbocycles. The maximum absolute atomic E-state index is 5.90. The number of rotatable bonds is 4. The van der Waals surface area contributed by atoms with E-state index in [1.54, 1.807) is 13.2 Å². The molecule has 0 aliphatic heterocycles. The molecule has 0 atom stereocenters. The average Bonchev–Trinajstić information content (AvgIpc) is 2.23. The molecule has 0 unspecified atom stereocenters. The van der Waals surface area contributed by atoms with Gasteiger partial charge in [-0.15, -0.1) is 0 Å². The third-order valence-electron chi connectivity index (χ3n) is 3.28. The Labute approximate surface area is 102 Å². The molecule has 1 aliphatic rings. The molecule has 0 spiro atoms. The molecule has 0 heterocycles. The fraction of sp³-hybridized carbons (Fsp3) is 0.538. The largest absolute Gasteiger partial charge is 0.493 e. The van der Waals surface area contributed by atoms with Crippen LogP contribution in [0.15, 0.2) is 18.2 Å². The Bertz CT molecular complexity index is 387. The molecule has 4 heteroatoms. The van der Waals surface area contributed by atoms with Crippen LogP contribution in [-0.4, -0.2) is 38.3 Å². The molecule has 0 aromatic heterocycles. The van der Waals surface area contributed by atoms with Crippen LogP contribution in [0, 0.1) is 0 Å². The van der Waals surface area contributed by atoms with Gasteiger partial charge in [0.05, 0.1) is 7.11 Å². The molecule has 0 saturated heterocycles. The van der Waals surface area contributed by atoms with Gasteiger partial charge in [-0.05, 0) is 39.1 Å². The molecule has 4 nitrogen and oxygen atoms in total. The second kappa shape index (κ2) is 4.84. The monoisotopic (exact) mass is 236 g/mol. The SMILES string of the molecule is COc1cc(N)ccc1OC1CC(N(C)C)C1. The Hall–Kier alpha value is -1.42. The van der Waals surface area contributed by atoms with Crippen LogP contribution >= 0.6 is 0 Å². The predicted octanol–water partition coefficient (Wildman–Crippen LogP) is 1.75. The first-order valence-corrected chi connectivity index (χ1v) is 5.86. The van der Waals surface area contributed by atoms with E-state index in [-0.39, 0.29) is 0 Å². The molecule has 1 aliphatic carbocycles. The van der Waals surface area contributed by atoms with Gasteiger partial charge in [0.2, 0.25) is 0 Å². The zero-order chi connectivity index (χ0) is 12.4. The minimum absolute atomic E-state index is 0.292. The number of hydrogen-bond donors (Lipinski definition) is 1. The Kier molecular flexibility index (Phi) is 3.43. The summed E-state index contributed by atoms with van der Waals surface area (Å²) in [5.41, 5.74) is 6.39. The molecule has 0 radical (unpaired) electrons. The number of hydrogen-bond acceptors (Lipinski definition) is 4. The lowest BCUT2D eigenvalue weighted by Crippen LogP contribution is -2.46. The first-order chi connectivity index (χ1) is 8.10. The van der Waals surface area contributed by atoms with Gasteiger partial charge in [0, 0.05) is 17.8 Å². The summed E-state index contributed by atoms with van der Waals surface area (Å²) < 4.78 is 11.2. The van der Waals surface area contributed by atoms with E-state index in [9.17, 15) is 0 Å². The average molecular weight is 236 g/mol. The van der Waals surface area contributed by atoms with Crippen LogP contribution < -0.4 is 15.2 Å². The standard InChI is InChI=1S/C13H20N2O2/c1-15(2)10-7-11(8-10)17-12-5-4-9(14)6-13(12)16-3/h4-6,10-11H,7-8,14H2,1-3H3. The summed E-state index contributed by atoms with van der Waals surface area (Å²) in [5, 5.41) is 0. The van der Waals surface area contributed by atoms with Crippen LogP contribution in [-0.2, 0) is 0 Å². The van der Waals surface area contributed by atoms with E-state index in [0.717, 1.165) is 18.6 Å². The fourth-order valence-corrected chi connectivity index (χ4v) is 2.02. The van der Waals surface area contributed by atoms with Crippen LogP contribution in [0.4, 0.5) is 5.69 Å². The molecule has 17 heavy (non-hydrogen) atoms. The first kappa shape index (κ1) is 12.0. The number of nitrogens with zero attached hydrogens (tertiary/aromatic N) is 1. The van der Waals surface area contributed by atoms with E-state index in [4.69, 9.17) is 15.2 Å². The van der Waals surface area contributed by atoms with Gasteiger partial charge >= 0.3 is 0 Å². The Morgan fingerprint density at radius 2 is 1.94 bits per heavy atom. The number of methoxy groups -OCH3 is 1. The third-order valence-corrected chi connectivity index (χ3v) is 3.28. The zero-order valence-electron chi connectivity index (χ0n) is 10.6. The first-order valence-electron chi connectivity index (χ1n) is 5.86. The summed E-state index contributed by atoms with van der Waals surface area (Å²) in [7, 11) is 5.83. The quantitative estimate of drug-likeness (QED) is 0.809. The van der Waals surface area contributed by atoms with E-state index >= 15 is 0 Å². The minimum atomic E-state index is 0.292. The van der Waals surface area contributed by atoms with Crippen molar-refractivity contribution < 1.29 is 9.47 Å². The minimum Gasteiger partial charge on any atom is -0.493 e. The summed E-state index contributed by atoms with van der Waals surface area (Å²) in [6.07, 6.45) is 2.43. The van der Waals surface area contributed by atoms with Crippen molar-refractivity contribution >= 4 is 5.69 Å². The highest BCUT2D eigenvalue weighted by molar-refractivity contribution is 5.52. The summed E-state index contributed by atoms with van der Waals surface area (Å²) in [6, 6.07) is 6.13. The van der Waals surface area contributed by atoms with Gasteiger partial charge in [0.1, 0.15) is 6.10 Å². The molecule has 1 aromatic rings. The molecule has 2 rings (SSSR count). The second-order valence-electron chi connectivity index (χ2n) is 4.74. The van der Waals surface area contributed by atoms with Crippen molar-refractivity contribution in [3.63, 3.8) is 0 Å². The molecule has 0 amide bonds. The van der Waals surface area contributed by atoms with Crippen molar-refractivity contribution in [2.45, 2.75) is 25.0 Å². The normalized spacial score (nSPS) is 23.3. The molecule has 1 aromatic carbocycles. The number of ether oxygens (including phenoxy) is 2. The highest BCUT2D eigenvalue weighted by Crippen LogP contribution is 2.34. The topological polar surface area (TPSA) is 47.7 Å². The van der Waals surface area contributed by atoms with Gasteiger partial charge in [0.15, 0.2) is 11.5 Å². The van der Waals surface area contributed by atoms with Crippen LogP contribution in [0.3, 0.4) is 0 Å². The van der Waals surface area contributed by atoms with Gasteiger partial charge in [0.25, 0.3) is 0 Å². The molecular weight excluding hydrogens is 216 g/mol. The van der Waals surface area contributed by atoms with Gasteiger partial charge < -0.3 is 20.1 Å². The van der Waals surface area contributed by atoms with Crippen LogP contribution in [0.25, 0.3) is 0 Å². The van der Waals surface area contributed by atoms with Crippen molar-refractivity contribution in [1.29, 1.82) is 0 Å². The Balaban J connectivity index is 1.96. The van der Waals surface area contributed by atoms with Crippen LogP contribution in [0.2, 0.25) is 0 Å². The van der Waals surface area contributed by atoms with Crippen molar-refractivity contribution in [2.24, 2.45) is 0 Å². The molecular formula is C13H20N2O2. The van der Waals surface area contributed by atoms with E-state index in [0.29, 0.717) is 23.6 Å². The third kappa shape index (κ3) is 2.64. The highest BCUT2D eigenvalue weighted by Gasteiger charge is 2.32. The highest BCUT2D eigenvalue weighted by atomic mass is 16.5. The number of nitrogen functional groups attached to an aromatic ring is 1. The van der Waals surface area contributed by atoms with E-state index in [2.05, 4.69) is 19.0 Å². The van der Waals surface area contributed by atoms with Gasteiger partial charge in [-0.25, -0.2) is 0 Å². The maximum atomic E-state index is 5.90. The van der Waals surface area contributed by atoms with Gasteiger partial charge in [-0.2, -0.15) is 0 Å². The predicted molar refractivity (Wildman–Crippen MR) is 68.5 cm³/mol. The Morgan fingerprint density at radius 3 is 2.53 bits per heavy atom. The van der Waals surface area contributed by atoms with Gasteiger partial charge in [-0.3, -0.25) is 0 Å². The molecule has 1 fully saturated rings. The number of anilines is 1. The second-order valence-corrected chi connectivity index (χ2v) is 4.74. The van der Waals surface area contributed by atoms with Crippen LogP contribution in [0.5, 0.6) is 11.5 Å². The molecule has 2 N–H and O–H groups in total. The van der Waals surface area contributed by atoms with Crippen molar-refractivity contribution in [3.05, 3.63) is 18.2 Å².